The van der Waals surface area contributed by atoms with E-state index in [0.29, 0.717) is 24.6 Å². The van der Waals surface area contributed by atoms with Crippen LogP contribution in [0.5, 0.6) is 0 Å². The minimum absolute atomic E-state index is 0.000622. The first kappa shape index (κ1) is 23.2. The van der Waals surface area contributed by atoms with Gasteiger partial charge in [-0.05, 0) is 34.6 Å². The van der Waals surface area contributed by atoms with Crippen LogP contribution in [-0.2, 0) is 14.3 Å². The predicted molar refractivity (Wildman–Crippen MR) is 127 cm³/mol. The zero-order valence-corrected chi connectivity index (χ0v) is 19.1. The maximum atomic E-state index is 12.6. The topological polar surface area (TPSA) is 105 Å². The Morgan fingerprint density at radius 2 is 1.67 bits per heavy atom. The van der Waals surface area contributed by atoms with Crippen LogP contribution in [0.1, 0.15) is 36.3 Å². The molecule has 2 aliphatic carbocycles. The lowest BCUT2D eigenvalue weighted by Gasteiger charge is -2.19. The summed E-state index contributed by atoms with van der Waals surface area (Å²) in [5.41, 5.74) is 4.60. The van der Waals surface area contributed by atoms with Crippen LogP contribution in [0.25, 0.3) is 11.1 Å². The van der Waals surface area contributed by atoms with E-state index < -0.39 is 18.1 Å². The molecule has 0 aromatic heterocycles. The average Bonchev–Trinajstić information content (AvgIpc) is 3.57. The molecule has 2 aliphatic rings. The minimum atomic E-state index is -0.880. The number of hydrogen-bond acceptors (Lipinski definition) is 5. The summed E-state index contributed by atoms with van der Waals surface area (Å²) in [5, 5.41) is 14.2. The Labute approximate surface area is 197 Å². The fourth-order valence-corrected chi connectivity index (χ4v) is 4.80. The van der Waals surface area contributed by atoms with E-state index in [1.54, 1.807) is 0 Å². The quantitative estimate of drug-likeness (QED) is 0.435. The zero-order valence-electron chi connectivity index (χ0n) is 18.3. The second-order valence-electron chi connectivity index (χ2n) is 8.44. The molecule has 4 rings (SSSR count). The molecule has 174 valence electrons. The lowest BCUT2D eigenvalue weighted by Crippen LogP contribution is -2.47. The van der Waals surface area contributed by atoms with Gasteiger partial charge in [0.15, 0.2) is 0 Å². The highest BCUT2D eigenvalue weighted by Crippen LogP contribution is 2.44. The van der Waals surface area contributed by atoms with Crippen LogP contribution >= 0.6 is 11.8 Å². The van der Waals surface area contributed by atoms with E-state index in [0.717, 1.165) is 35.1 Å². The van der Waals surface area contributed by atoms with Crippen LogP contribution in [0.4, 0.5) is 4.79 Å². The molecule has 1 saturated carbocycles. The Bertz CT molecular complexity index is 978. The molecule has 0 unspecified atom stereocenters. The summed E-state index contributed by atoms with van der Waals surface area (Å²) in [4.78, 5) is 35.8. The molecule has 1 fully saturated rings. The number of nitrogens with one attached hydrogen (secondary N) is 2. The van der Waals surface area contributed by atoms with Gasteiger partial charge in [-0.25, -0.2) is 4.79 Å². The van der Waals surface area contributed by atoms with Crippen LogP contribution in [0.15, 0.2) is 48.5 Å². The van der Waals surface area contributed by atoms with Crippen LogP contribution in [0, 0.1) is 5.92 Å². The Balaban J connectivity index is 1.31. The van der Waals surface area contributed by atoms with Crippen molar-refractivity contribution in [2.24, 2.45) is 5.92 Å². The maximum absolute atomic E-state index is 12.6. The third kappa shape index (κ3) is 6.07. The van der Waals surface area contributed by atoms with Crippen LogP contribution < -0.4 is 10.6 Å². The molecule has 2 aromatic rings. The molecule has 0 aliphatic heterocycles. The highest BCUT2D eigenvalue weighted by molar-refractivity contribution is 7.99. The minimum Gasteiger partial charge on any atom is -0.481 e. The fraction of sp³-hybridized carbons (Fsp3) is 0.400. The van der Waals surface area contributed by atoms with E-state index in [9.17, 15) is 14.4 Å². The lowest BCUT2D eigenvalue weighted by atomic mass is 9.98. The van der Waals surface area contributed by atoms with Crippen molar-refractivity contribution >= 4 is 29.7 Å². The second kappa shape index (κ2) is 10.7. The van der Waals surface area contributed by atoms with Gasteiger partial charge in [0, 0.05) is 18.2 Å². The van der Waals surface area contributed by atoms with Gasteiger partial charge in [-0.3, -0.25) is 9.59 Å². The largest absolute Gasteiger partial charge is 0.481 e. The van der Waals surface area contributed by atoms with Crippen molar-refractivity contribution in [2.75, 3.05) is 24.7 Å². The number of fused-ring (bicyclic) bond motifs is 3. The van der Waals surface area contributed by atoms with Gasteiger partial charge >= 0.3 is 12.1 Å². The molecule has 2 amide bonds. The Morgan fingerprint density at radius 3 is 2.27 bits per heavy atom. The molecule has 8 heteroatoms. The van der Waals surface area contributed by atoms with Gasteiger partial charge in [0.1, 0.15) is 12.6 Å². The van der Waals surface area contributed by atoms with Crippen molar-refractivity contribution in [1.29, 1.82) is 0 Å². The normalized spacial score (nSPS) is 15.3. The lowest BCUT2D eigenvalue weighted by molar-refractivity contribution is -0.133. The molecule has 1 atom stereocenters. The zero-order chi connectivity index (χ0) is 23.2. The maximum Gasteiger partial charge on any atom is 0.407 e. The smallest absolute Gasteiger partial charge is 0.407 e. The van der Waals surface area contributed by atoms with Gasteiger partial charge in [0.2, 0.25) is 5.91 Å². The summed E-state index contributed by atoms with van der Waals surface area (Å²) in [6.45, 7) is 0.549. The first-order valence-electron chi connectivity index (χ1n) is 11.2. The Hall–Kier alpha value is -3.00. The van der Waals surface area contributed by atoms with Crippen LogP contribution in [0.3, 0.4) is 0 Å². The van der Waals surface area contributed by atoms with Crippen LogP contribution in [-0.4, -0.2) is 53.8 Å². The van der Waals surface area contributed by atoms with Gasteiger partial charge in [-0.2, -0.15) is 0 Å². The number of amides is 2. The number of carbonyl (C=O) groups excluding carboxylic acids is 2. The van der Waals surface area contributed by atoms with Crippen molar-refractivity contribution < 1.29 is 24.2 Å². The number of carboxylic acid groups (broad SMARTS) is 1. The molecule has 2 aromatic carbocycles. The number of ether oxygens (including phenoxy) is 1. The molecular formula is C25H28N2O5S. The number of rotatable bonds is 11. The van der Waals surface area contributed by atoms with Gasteiger partial charge in [-0.15, -0.1) is 11.8 Å². The Morgan fingerprint density at radius 1 is 1.03 bits per heavy atom. The number of thioether (sulfide) groups is 1. The van der Waals surface area contributed by atoms with Crippen molar-refractivity contribution in [3.63, 3.8) is 0 Å². The molecule has 0 saturated heterocycles. The van der Waals surface area contributed by atoms with Crippen molar-refractivity contribution in [3.05, 3.63) is 59.7 Å². The number of carbonyl (C=O) groups is 3. The summed E-state index contributed by atoms with van der Waals surface area (Å²) >= 11 is 1.24. The van der Waals surface area contributed by atoms with Crippen molar-refractivity contribution in [3.8, 4) is 11.1 Å². The molecule has 0 heterocycles. The summed E-state index contributed by atoms with van der Waals surface area (Å²) in [6.07, 6.45) is 2.10. The first-order chi connectivity index (χ1) is 16.0. The number of aliphatic carboxylic acids is 1. The first-order valence-corrected chi connectivity index (χ1v) is 12.4. The van der Waals surface area contributed by atoms with Gasteiger partial charge in [0.25, 0.3) is 0 Å². The van der Waals surface area contributed by atoms with E-state index in [-0.39, 0.29) is 24.2 Å². The Kier molecular flexibility index (Phi) is 7.54. The SMILES string of the molecule is O=C(O)CSCCNC(=O)[C@H](CC1CC1)NC(=O)OCC1c2ccccc2-c2ccccc21. The second-order valence-corrected chi connectivity index (χ2v) is 9.54. The van der Waals surface area contributed by atoms with Crippen molar-refractivity contribution in [2.45, 2.75) is 31.2 Å². The number of benzene rings is 2. The predicted octanol–water partition coefficient (Wildman–Crippen LogP) is 3.63. The molecular weight excluding hydrogens is 440 g/mol. The van der Waals surface area contributed by atoms with E-state index in [1.165, 1.54) is 11.8 Å². The highest BCUT2D eigenvalue weighted by Gasteiger charge is 2.32. The number of carboxylic acids is 1. The van der Waals surface area contributed by atoms with E-state index >= 15 is 0 Å². The monoisotopic (exact) mass is 468 g/mol. The summed E-state index contributed by atoms with van der Waals surface area (Å²) < 4.78 is 5.59. The third-order valence-electron chi connectivity index (χ3n) is 5.99. The van der Waals surface area contributed by atoms with Crippen molar-refractivity contribution in [1.82, 2.24) is 10.6 Å². The molecule has 33 heavy (non-hydrogen) atoms. The van der Waals surface area contributed by atoms with Crippen LogP contribution in [0.2, 0.25) is 0 Å². The van der Waals surface area contributed by atoms with Gasteiger partial charge in [-0.1, -0.05) is 61.4 Å². The summed E-state index contributed by atoms with van der Waals surface area (Å²) in [7, 11) is 0. The van der Waals surface area contributed by atoms with E-state index in [1.807, 2.05) is 24.3 Å². The standard InChI is InChI=1S/C25H28N2O5S/c28-23(29)15-33-12-11-26-24(30)22(13-16-9-10-16)27-25(31)32-14-21-19-7-3-1-5-17(19)18-6-2-4-8-20(18)21/h1-8,16,21-22H,9-15H2,(H,26,30)(H,27,31)(H,28,29)/t22-/m0/s1. The number of hydrogen-bond donors (Lipinski definition) is 3. The molecule has 0 spiro atoms. The van der Waals surface area contributed by atoms with Gasteiger partial charge in [0.05, 0.1) is 5.75 Å². The van der Waals surface area contributed by atoms with Gasteiger partial charge < -0.3 is 20.5 Å². The summed E-state index contributed by atoms with van der Waals surface area (Å²) in [6, 6.07) is 15.6. The fourth-order valence-electron chi connectivity index (χ4n) is 4.23. The third-order valence-corrected chi connectivity index (χ3v) is 6.93. The van der Waals surface area contributed by atoms with E-state index in [4.69, 9.17) is 9.84 Å². The average molecular weight is 469 g/mol. The highest BCUT2D eigenvalue weighted by atomic mass is 32.2. The molecule has 3 N–H and O–H groups in total. The van der Waals surface area contributed by atoms with E-state index in [2.05, 4.69) is 34.9 Å². The number of alkyl carbamates (subject to hydrolysis) is 1. The summed E-state index contributed by atoms with van der Waals surface area (Å²) in [5.74, 6) is -0.235. The molecule has 0 radical (unpaired) electrons. The molecule has 0 bridgehead atoms. The molecule has 7 nitrogen and oxygen atoms in total.